The van der Waals surface area contributed by atoms with Crippen molar-refractivity contribution in [3.63, 3.8) is 0 Å². The quantitative estimate of drug-likeness (QED) is 0.891. The summed E-state index contributed by atoms with van der Waals surface area (Å²) < 4.78 is 1.73. The first-order valence-electron chi connectivity index (χ1n) is 7.35. The van der Waals surface area contributed by atoms with E-state index in [9.17, 15) is 9.59 Å². The monoisotopic (exact) mass is 335 g/mol. The van der Waals surface area contributed by atoms with Gasteiger partial charge in [-0.2, -0.15) is 5.10 Å². The number of carbonyl (C=O) groups is 2. The molecule has 2 aromatic rings. The van der Waals surface area contributed by atoms with Gasteiger partial charge < -0.3 is 15.2 Å². The molecule has 23 heavy (non-hydrogen) atoms. The zero-order valence-corrected chi connectivity index (χ0v) is 13.7. The molecule has 122 valence electrons. The average molecular weight is 336 g/mol. The van der Waals surface area contributed by atoms with Crippen molar-refractivity contribution in [1.29, 1.82) is 0 Å². The molecule has 8 heteroatoms. The molecule has 2 aromatic heterocycles. The van der Waals surface area contributed by atoms with Gasteiger partial charge in [0.05, 0.1) is 22.8 Å². The van der Waals surface area contributed by atoms with E-state index in [0.29, 0.717) is 23.6 Å². The van der Waals surface area contributed by atoms with Crippen molar-refractivity contribution >= 4 is 23.4 Å². The van der Waals surface area contributed by atoms with Gasteiger partial charge in [0.2, 0.25) is 5.91 Å². The highest BCUT2D eigenvalue weighted by Gasteiger charge is 2.37. The van der Waals surface area contributed by atoms with Crippen molar-refractivity contribution in [3.8, 4) is 0 Å². The fourth-order valence-corrected chi connectivity index (χ4v) is 3.18. The van der Waals surface area contributed by atoms with Crippen LogP contribution < -0.4 is 5.32 Å². The maximum atomic E-state index is 12.4. The zero-order valence-electron chi connectivity index (χ0n) is 12.9. The first-order chi connectivity index (χ1) is 11.0. The van der Waals surface area contributed by atoms with Crippen molar-refractivity contribution in [2.75, 3.05) is 7.05 Å². The Kier molecular flexibility index (Phi) is 4.12. The molecule has 3 rings (SSSR count). The number of rotatable bonds is 3. The van der Waals surface area contributed by atoms with Crippen LogP contribution in [0.5, 0.6) is 0 Å². The maximum absolute atomic E-state index is 12.4. The van der Waals surface area contributed by atoms with Gasteiger partial charge in [-0.1, -0.05) is 11.6 Å². The van der Waals surface area contributed by atoms with Crippen LogP contribution in [0.3, 0.4) is 0 Å². The molecule has 0 saturated carbocycles. The van der Waals surface area contributed by atoms with Crippen LogP contribution in [0.2, 0.25) is 5.02 Å². The predicted octanol–water partition coefficient (Wildman–Crippen LogP) is 1.49. The van der Waals surface area contributed by atoms with Gasteiger partial charge in [0, 0.05) is 32.9 Å². The highest BCUT2D eigenvalue weighted by atomic mass is 35.5. The lowest BCUT2D eigenvalue weighted by atomic mass is 9.93. The summed E-state index contributed by atoms with van der Waals surface area (Å²) in [7, 11) is 3.58. The van der Waals surface area contributed by atoms with Crippen LogP contribution in [-0.2, 0) is 11.8 Å². The Labute approximate surface area is 138 Å². The summed E-state index contributed by atoms with van der Waals surface area (Å²) >= 11 is 5.84. The molecule has 2 amide bonds. The summed E-state index contributed by atoms with van der Waals surface area (Å²) in [5.74, 6) is -0.179. The minimum Gasteiger partial charge on any atom is -0.356 e. The molecule has 3 heterocycles. The van der Waals surface area contributed by atoms with Crippen LogP contribution in [0.15, 0.2) is 24.5 Å². The fraction of sp³-hybridized carbons (Fsp3) is 0.400. The average Bonchev–Trinajstić information content (AvgIpc) is 3.12. The Hall–Kier alpha value is -2.28. The van der Waals surface area contributed by atoms with Gasteiger partial charge in [0.1, 0.15) is 5.69 Å². The van der Waals surface area contributed by atoms with E-state index in [2.05, 4.69) is 15.4 Å². The number of hydrogen-bond donors (Lipinski definition) is 2. The summed E-state index contributed by atoms with van der Waals surface area (Å²) in [5.41, 5.74) is 1.29. The number of hydrogen-bond acceptors (Lipinski definition) is 3. The van der Waals surface area contributed by atoms with Crippen LogP contribution in [0.25, 0.3) is 0 Å². The van der Waals surface area contributed by atoms with E-state index in [1.54, 1.807) is 35.1 Å². The second-order valence-electron chi connectivity index (χ2n) is 5.68. The van der Waals surface area contributed by atoms with E-state index in [1.807, 2.05) is 13.1 Å². The highest BCUT2D eigenvalue weighted by molar-refractivity contribution is 6.30. The molecular formula is C15H18ClN5O2. The van der Waals surface area contributed by atoms with E-state index in [1.165, 1.54) is 0 Å². The lowest BCUT2D eigenvalue weighted by Gasteiger charge is -2.39. The lowest BCUT2D eigenvalue weighted by molar-refractivity contribution is -0.136. The second-order valence-corrected chi connectivity index (χ2v) is 6.12. The summed E-state index contributed by atoms with van der Waals surface area (Å²) in [4.78, 5) is 29.0. The van der Waals surface area contributed by atoms with Gasteiger partial charge in [-0.15, -0.1) is 0 Å². The number of piperidine rings is 1. The van der Waals surface area contributed by atoms with Crippen molar-refractivity contribution in [1.82, 2.24) is 25.0 Å². The molecule has 1 fully saturated rings. The SMILES string of the molecule is CN1C(=O)CC[C@@H](NC(=O)c2cc(Cl)c[nH]2)[C@@H]1c1ccnn1C. The predicted molar refractivity (Wildman–Crippen MR) is 85.0 cm³/mol. The number of likely N-dealkylation sites (tertiary alicyclic amines) is 1. The number of amides is 2. The molecule has 0 aromatic carbocycles. The van der Waals surface area contributed by atoms with Crippen LogP contribution in [0.4, 0.5) is 0 Å². The molecule has 0 spiro atoms. The Morgan fingerprint density at radius 2 is 2.26 bits per heavy atom. The zero-order chi connectivity index (χ0) is 16.6. The standard InChI is InChI=1S/C15H18ClN5O2/c1-20-13(22)4-3-10(14(20)12-5-6-18-21(12)2)19-15(23)11-7-9(16)8-17-11/h5-8,10,14,17H,3-4H2,1-2H3,(H,19,23)/t10-,14-/m1/s1. The van der Waals surface area contributed by atoms with Gasteiger partial charge in [-0.25, -0.2) is 0 Å². The number of carbonyl (C=O) groups excluding carboxylic acids is 2. The van der Waals surface area contributed by atoms with Gasteiger partial charge in [0.25, 0.3) is 5.91 Å². The highest BCUT2D eigenvalue weighted by Crippen LogP contribution is 2.30. The molecule has 0 bridgehead atoms. The number of aromatic nitrogens is 3. The summed E-state index contributed by atoms with van der Waals surface area (Å²) in [5, 5.41) is 7.65. The topological polar surface area (TPSA) is 83.0 Å². The Morgan fingerprint density at radius 1 is 1.48 bits per heavy atom. The minimum absolute atomic E-state index is 0.0598. The minimum atomic E-state index is -0.252. The largest absolute Gasteiger partial charge is 0.356 e. The van der Waals surface area contributed by atoms with E-state index in [0.717, 1.165) is 5.69 Å². The van der Waals surface area contributed by atoms with E-state index >= 15 is 0 Å². The summed E-state index contributed by atoms with van der Waals surface area (Å²) in [6.45, 7) is 0. The van der Waals surface area contributed by atoms with Crippen LogP contribution >= 0.6 is 11.6 Å². The third-order valence-corrected chi connectivity index (χ3v) is 4.45. The molecular weight excluding hydrogens is 318 g/mol. The third-order valence-electron chi connectivity index (χ3n) is 4.23. The van der Waals surface area contributed by atoms with Crippen LogP contribution in [-0.4, -0.2) is 44.6 Å². The Balaban J connectivity index is 1.85. The molecule has 7 nitrogen and oxygen atoms in total. The normalized spacial score (nSPS) is 21.5. The number of aryl methyl sites for hydroxylation is 1. The molecule has 2 atom stereocenters. The number of halogens is 1. The molecule has 2 N–H and O–H groups in total. The van der Waals surface area contributed by atoms with Crippen LogP contribution in [0.1, 0.15) is 35.1 Å². The lowest BCUT2D eigenvalue weighted by Crippen LogP contribution is -2.51. The number of nitrogens with one attached hydrogen (secondary N) is 2. The van der Waals surface area contributed by atoms with E-state index in [4.69, 9.17) is 11.6 Å². The smallest absolute Gasteiger partial charge is 0.268 e. The molecule has 0 unspecified atom stereocenters. The van der Waals surface area contributed by atoms with Gasteiger partial charge in [-0.05, 0) is 18.6 Å². The molecule has 0 radical (unpaired) electrons. The number of likely N-dealkylation sites (N-methyl/N-ethyl adjacent to an activating group) is 1. The van der Waals surface area contributed by atoms with Crippen LogP contribution in [0, 0.1) is 0 Å². The first kappa shape index (κ1) is 15.6. The number of nitrogens with zero attached hydrogens (tertiary/aromatic N) is 3. The van der Waals surface area contributed by atoms with Gasteiger partial charge in [0.15, 0.2) is 0 Å². The number of H-pyrrole nitrogens is 1. The molecule has 1 aliphatic heterocycles. The Morgan fingerprint density at radius 3 is 2.87 bits per heavy atom. The molecule has 1 aliphatic rings. The van der Waals surface area contributed by atoms with Crippen molar-refractivity contribution in [2.24, 2.45) is 7.05 Å². The summed E-state index contributed by atoms with van der Waals surface area (Å²) in [6.07, 6.45) is 4.23. The van der Waals surface area contributed by atoms with Crippen molar-refractivity contribution < 1.29 is 9.59 Å². The Bertz CT molecular complexity index is 738. The summed E-state index contributed by atoms with van der Waals surface area (Å²) in [6, 6.07) is 3.00. The van der Waals surface area contributed by atoms with Crippen molar-refractivity contribution in [2.45, 2.75) is 24.9 Å². The molecule has 1 saturated heterocycles. The van der Waals surface area contributed by atoms with Gasteiger partial charge >= 0.3 is 0 Å². The van der Waals surface area contributed by atoms with Gasteiger partial charge in [-0.3, -0.25) is 14.3 Å². The first-order valence-corrected chi connectivity index (χ1v) is 7.73. The third kappa shape index (κ3) is 2.96. The second kappa shape index (κ2) is 6.08. The van der Waals surface area contributed by atoms with E-state index < -0.39 is 0 Å². The fourth-order valence-electron chi connectivity index (χ4n) is 3.01. The van der Waals surface area contributed by atoms with Crippen molar-refractivity contribution in [3.05, 3.63) is 40.9 Å². The maximum Gasteiger partial charge on any atom is 0.268 e. The number of aromatic amines is 1. The molecule has 0 aliphatic carbocycles. The van der Waals surface area contributed by atoms with E-state index in [-0.39, 0.29) is 23.9 Å².